The fourth-order valence-electron chi connectivity index (χ4n) is 2.45. The van der Waals surface area contributed by atoms with Crippen molar-refractivity contribution in [1.82, 2.24) is 0 Å². The average molecular weight is 359 g/mol. The van der Waals surface area contributed by atoms with Crippen LogP contribution in [0.25, 0.3) is 0 Å². The Morgan fingerprint density at radius 1 is 0.962 bits per heavy atom. The van der Waals surface area contributed by atoms with Crippen LogP contribution < -0.4 is 19.5 Å². The molecule has 2 aromatic carbocycles. The second-order valence-corrected chi connectivity index (χ2v) is 5.41. The summed E-state index contributed by atoms with van der Waals surface area (Å²) in [5, 5.41) is 2.86. The highest BCUT2D eigenvalue weighted by Crippen LogP contribution is 2.30. The lowest BCUT2D eigenvalue weighted by atomic mass is 10.1. The molecule has 6 heteroatoms. The lowest BCUT2D eigenvalue weighted by molar-refractivity contribution is 0.102. The van der Waals surface area contributed by atoms with E-state index >= 15 is 0 Å². The van der Waals surface area contributed by atoms with Crippen LogP contribution in [0.3, 0.4) is 0 Å². The number of ether oxygens (including phenoxy) is 4. The van der Waals surface area contributed by atoms with Crippen LogP contribution in [-0.2, 0) is 11.3 Å². The zero-order chi connectivity index (χ0) is 18.9. The minimum absolute atomic E-state index is 0.252. The molecule has 140 valence electrons. The SMILES string of the molecule is CCOCc1cc(C(=O)Nc2cc(OC)ccc2OC)ccc1OCC. The van der Waals surface area contributed by atoms with Crippen LogP contribution in [0.5, 0.6) is 17.2 Å². The molecule has 2 rings (SSSR count). The van der Waals surface area contributed by atoms with Gasteiger partial charge in [0.15, 0.2) is 0 Å². The Kier molecular flexibility index (Phi) is 7.29. The van der Waals surface area contributed by atoms with Gasteiger partial charge in [0.05, 0.1) is 33.1 Å². The van der Waals surface area contributed by atoms with Gasteiger partial charge in [0.25, 0.3) is 5.91 Å². The maximum Gasteiger partial charge on any atom is 0.255 e. The molecule has 0 bridgehead atoms. The molecular formula is C20H25NO5. The highest BCUT2D eigenvalue weighted by atomic mass is 16.5. The number of rotatable bonds is 9. The Balaban J connectivity index is 2.26. The number of carbonyl (C=O) groups excluding carboxylic acids is 1. The summed E-state index contributed by atoms with van der Waals surface area (Å²) >= 11 is 0. The molecule has 0 spiro atoms. The molecule has 26 heavy (non-hydrogen) atoms. The van der Waals surface area contributed by atoms with Crippen molar-refractivity contribution in [3.05, 3.63) is 47.5 Å². The van der Waals surface area contributed by atoms with Crippen LogP contribution in [0.1, 0.15) is 29.8 Å². The number of benzene rings is 2. The molecule has 0 aliphatic heterocycles. The quantitative estimate of drug-likeness (QED) is 0.736. The van der Waals surface area contributed by atoms with E-state index in [9.17, 15) is 4.79 Å². The summed E-state index contributed by atoms with van der Waals surface area (Å²) in [5.41, 5.74) is 1.88. The molecule has 2 aromatic rings. The fourth-order valence-corrected chi connectivity index (χ4v) is 2.45. The van der Waals surface area contributed by atoms with Gasteiger partial charge in [-0.3, -0.25) is 4.79 Å². The number of carbonyl (C=O) groups is 1. The van der Waals surface area contributed by atoms with E-state index in [2.05, 4.69) is 5.32 Å². The minimum atomic E-state index is -0.252. The van der Waals surface area contributed by atoms with E-state index in [1.807, 2.05) is 13.8 Å². The fraction of sp³-hybridized carbons (Fsp3) is 0.350. The summed E-state index contributed by atoms with van der Waals surface area (Å²) in [6, 6.07) is 10.5. The van der Waals surface area contributed by atoms with Crippen molar-refractivity contribution in [2.45, 2.75) is 20.5 Å². The number of nitrogens with one attached hydrogen (secondary N) is 1. The van der Waals surface area contributed by atoms with E-state index in [0.29, 0.717) is 42.6 Å². The van der Waals surface area contributed by atoms with Crippen LogP contribution in [0, 0.1) is 0 Å². The van der Waals surface area contributed by atoms with E-state index < -0.39 is 0 Å². The molecule has 0 saturated heterocycles. The smallest absolute Gasteiger partial charge is 0.255 e. The van der Waals surface area contributed by atoms with Gasteiger partial charge in [-0.25, -0.2) is 0 Å². The molecule has 1 N–H and O–H groups in total. The predicted molar refractivity (Wildman–Crippen MR) is 100 cm³/mol. The van der Waals surface area contributed by atoms with Gasteiger partial charge >= 0.3 is 0 Å². The summed E-state index contributed by atoms with van der Waals surface area (Å²) in [5.74, 6) is 1.65. The van der Waals surface area contributed by atoms with Crippen LogP contribution in [0.15, 0.2) is 36.4 Å². The van der Waals surface area contributed by atoms with Crippen molar-refractivity contribution in [2.24, 2.45) is 0 Å². The molecule has 0 aliphatic rings. The van der Waals surface area contributed by atoms with Crippen LogP contribution in [-0.4, -0.2) is 33.3 Å². The Morgan fingerprint density at radius 3 is 2.38 bits per heavy atom. The Morgan fingerprint density at radius 2 is 1.73 bits per heavy atom. The molecule has 0 heterocycles. The third-order valence-electron chi connectivity index (χ3n) is 3.74. The first-order valence-corrected chi connectivity index (χ1v) is 8.49. The Hall–Kier alpha value is -2.73. The zero-order valence-electron chi connectivity index (χ0n) is 15.6. The van der Waals surface area contributed by atoms with Gasteiger partial charge in [0.1, 0.15) is 17.2 Å². The molecule has 0 radical (unpaired) electrons. The first-order valence-electron chi connectivity index (χ1n) is 8.49. The third kappa shape index (κ3) is 4.89. The average Bonchev–Trinajstić information content (AvgIpc) is 2.67. The van der Waals surface area contributed by atoms with Gasteiger partial charge in [-0.15, -0.1) is 0 Å². The molecule has 0 saturated carbocycles. The summed E-state index contributed by atoms with van der Waals surface area (Å²) in [6.07, 6.45) is 0. The topological polar surface area (TPSA) is 66.0 Å². The van der Waals surface area contributed by atoms with Crippen molar-refractivity contribution >= 4 is 11.6 Å². The summed E-state index contributed by atoms with van der Waals surface area (Å²) in [4.78, 5) is 12.7. The molecule has 1 amide bonds. The van der Waals surface area contributed by atoms with Gasteiger partial charge in [0.2, 0.25) is 0 Å². The first kappa shape index (κ1) is 19.6. The maximum atomic E-state index is 12.7. The maximum absolute atomic E-state index is 12.7. The monoisotopic (exact) mass is 359 g/mol. The molecule has 0 unspecified atom stereocenters. The van der Waals surface area contributed by atoms with E-state index in [1.54, 1.807) is 50.6 Å². The Labute approximate surface area is 154 Å². The van der Waals surface area contributed by atoms with Gasteiger partial charge < -0.3 is 24.3 Å². The number of hydrogen-bond donors (Lipinski definition) is 1. The van der Waals surface area contributed by atoms with Crippen LogP contribution in [0.4, 0.5) is 5.69 Å². The highest BCUT2D eigenvalue weighted by molar-refractivity contribution is 6.05. The van der Waals surface area contributed by atoms with Gasteiger partial charge in [-0.1, -0.05) is 0 Å². The van der Waals surface area contributed by atoms with E-state index in [1.165, 1.54) is 0 Å². The molecular weight excluding hydrogens is 334 g/mol. The van der Waals surface area contributed by atoms with Crippen LogP contribution >= 0.6 is 0 Å². The third-order valence-corrected chi connectivity index (χ3v) is 3.74. The number of methoxy groups -OCH3 is 2. The van der Waals surface area contributed by atoms with Crippen molar-refractivity contribution in [2.75, 3.05) is 32.8 Å². The Bertz CT molecular complexity index is 745. The van der Waals surface area contributed by atoms with E-state index in [0.717, 1.165) is 11.3 Å². The van der Waals surface area contributed by atoms with Crippen molar-refractivity contribution in [3.8, 4) is 17.2 Å². The van der Waals surface area contributed by atoms with Crippen molar-refractivity contribution in [1.29, 1.82) is 0 Å². The molecule has 0 aliphatic carbocycles. The minimum Gasteiger partial charge on any atom is -0.497 e. The van der Waals surface area contributed by atoms with E-state index in [4.69, 9.17) is 18.9 Å². The second kappa shape index (κ2) is 9.68. The molecule has 0 aromatic heterocycles. The molecule has 0 atom stereocenters. The largest absolute Gasteiger partial charge is 0.497 e. The second-order valence-electron chi connectivity index (χ2n) is 5.41. The standard InChI is InChI=1S/C20H25NO5/c1-5-25-13-15-11-14(7-9-18(15)26-6-2)20(22)21-17-12-16(23-3)8-10-19(17)24-4/h7-12H,5-6,13H2,1-4H3,(H,21,22). The van der Waals surface area contributed by atoms with Gasteiger partial charge in [-0.2, -0.15) is 0 Å². The van der Waals surface area contributed by atoms with E-state index in [-0.39, 0.29) is 5.91 Å². The van der Waals surface area contributed by atoms with Crippen molar-refractivity contribution < 1.29 is 23.7 Å². The first-order chi connectivity index (χ1) is 12.6. The summed E-state index contributed by atoms with van der Waals surface area (Å²) in [7, 11) is 3.12. The van der Waals surface area contributed by atoms with Crippen molar-refractivity contribution in [3.63, 3.8) is 0 Å². The normalized spacial score (nSPS) is 10.3. The number of hydrogen-bond acceptors (Lipinski definition) is 5. The zero-order valence-corrected chi connectivity index (χ0v) is 15.6. The molecule has 6 nitrogen and oxygen atoms in total. The number of anilines is 1. The summed E-state index contributed by atoms with van der Waals surface area (Å²) < 4.78 is 21.6. The van der Waals surface area contributed by atoms with Crippen LogP contribution in [0.2, 0.25) is 0 Å². The van der Waals surface area contributed by atoms with Gasteiger partial charge in [-0.05, 0) is 44.2 Å². The van der Waals surface area contributed by atoms with Gasteiger partial charge in [0, 0.05) is 23.8 Å². The lowest BCUT2D eigenvalue weighted by Crippen LogP contribution is -2.13. The number of amides is 1. The molecule has 0 fully saturated rings. The predicted octanol–water partition coefficient (Wildman–Crippen LogP) is 3.89. The highest BCUT2D eigenvalue weighted by Gasteiger charge is 2.14. The summed E-state index contributed by atoms with van der Waals surface area (Å²) in [6.45, 7) is 5.36. The lowest BCUT2D eigenvalue weighted by Gasteiger charge is -2.14.